The highest BCUT2D eigenvalue weighted by Crippen LogP contribution is 2.26. The first-order chi connectivity index (χ1) is 9.24. The van der Waals surface area contributed by atoms with E-state index in [1.54, 1.807) is 13.1 Å². The van der Waals surface area contributed by atoms with E-state index in [1.807, 2.05) is 24.3 Å². The normalized spacial score (nSPS) is 10.8. The highest BCUT2D eigenvalue weighted by Gasteiger charge is 2.06. The number of aryl methyl sites for hydroxylation is 1. The van der Waals surface area contributed by atoms with Crippen LogP contribution in [0.5, 0.6) is 0 Å². The number of anilines is 2. The second-order valence-corrected chi connectivity index (χ2v) is 4.19. The zero-order chi connectivity index (χ0) is 13.2. The van der Waals surface area contributed by atoms with Crippen LogP contribution in [-0.4, -0.2) is 15.1 Å². The van der Waals surface area contributed by atoms with Crippen molar-refractivity contribution in [2.75, 3.05) is 11.1 Å². The number of benzene rings is 1. The topological polar surface area (TPSA) is 89.9 Å². The number of hydrogen-bond acceptors (Lipinski definition) is 6. The summed E-state index contributed by atoms with van der Waals surface area (Å²) in [4.78, 5) is 8.43. The number of rotatable bonds is 3. The fraction of sp³-hybridized carbons (Fsp3) is 0.154. The van der Waals surface area contributed by atoms with Crippen LogP contribution in [0, 0.1) is 6.92 Å². The molecule has 2 heterocycles. The Morgan fingerprint density at radius 3 is 3.00 bits per heavy atom. The van der Waals surface area contributed by atoms with Gasteiger partial charge < -0.3 is 15.6 Å². The fourth-order valence-electron chi connectivity index (χ4n) is 1.93. The van der Waals surface area contributed by atoms with E-state index in [0.717, 1.165) is 16.6 Å². The molecule has 0 aliphatic rings. The van der Waals surface area contributed by atoms with E-state index in [2.05, 4.69) is 20.4 Å². The summed E-state index contributed by atoms with van der Waals surface area (Å²) in [5.74, 6) is 1.17. The van der Waals surface area contributed by atoms with Gasteiger partial charge in [-0.15, -0.1) is 0 Å². The maximum absolute atomic E-state index is 5.90. The Morgan fingerprint density at radius 2 is 2.21 bits per heavy atom. The Balaban J connectivity index is 1.91. The first kappa shape index (κ1) is 11.5. The minimum absolute atomic E-state index is 0.467. The van der Waals surface area contributed by atoms with E-state index in [-0.39, 0.29) is 0 Å². The molecule has 0 radical (unpaired) electrons. The molecule has 0 unspecified atom stereocenters. The number of nitrogen functional groups attached to an aromatic ring is 1. The van der Waals surface area contributed by atoms with Crippen molar-refractivity contribution in [3.63, 3.8) is 0 Å². The van der Waals surface area contributed by atoms with Crippen LogP contribution in [0.15, 0.2) is 35.0 Å². The third kappa shape index (κ3) is 2.20. The smallest absolute Gasteiger partial charge is 0.245 e. The quantitative estimate of drug-likeness (QED) is 0.697. The molecule has 0 aliphatic heterocycles. The number of nitrogens with two attached hydrogens (primary N) is 1. The van der Waals surface area contributed by atoms with Gasteiger partial charge in [0.1, 0.15) is 0 Å². The lowest BCUT2D eigenvalue weighted by Gasteiger charge is -2.08. The molecule has 3 aromatic rings. The Hall–Kier alpha value is -2.63. The van der Waals surface area contributed by atoms with Crippen molar-refractivity contribution in [2.24, 2.45) is 0 Å². The van der Waals surface area contributed by atoms with Crippen molar-refractivity contribution in [1.82, 2.24) is 15.1 Å². The maximum Gasteiger partial charge on any atom is 0.245 e. The summed E-state index contributed by atoms with van der Waals surface area (Å²) in [6, 6.07) is 7.60. The molecule has 0 fully saturated rings. The van der Waals surface area contributed by atoms with Crippen LogP contribution in [0.1, 0.15) is 11.7 Å². The predicted molar refractivity (Wildman–Crippen MR) is 72.5 cm³/mol. The van der Waals surface area contributed by atoms with Gasteiger partial charge in [0.05, 0.1) is 17.7 Å². The van der Waals surface area contributed by atoms with E-state index >= 15 is 0 Å². The van der Waals surface area contributed by atoms with Gasteiger partial charge in [0.15, 0.2) is 5.82 Å². The highest BCUT2D eigenvalue weighted by atomic mass is 16.5. The van der Waals surface area contributed by atoms with Gasteiger partial charge >= 0.3 is 0 Å². The van der Waals surface area contributed by atoms with Gasteiger partial charge in [0.25, 0.3) is 0 Å². The van der Waals surface area contributed by atoms with Gasteiger partial charge in [-0.1, -0.05) is 5.16 Å². The van der Waals surface area contributed by atoms with Crippen LogP contribution in [0.3, 0.4) is 0 Å². The number of hydrogen-bond donors (Lipinski definition) is 2. The zero-order valence-corrected chi connectivity index (χ0v) is 10.4. The summed E-state index contributed by atoms with van der Waals surface area (Å²) in [5.41, 5.74) is 8.29. The molecule has 0 saturated carbocycles. The van der Waals surface area contributed by atoms with Crippen molar-refractivity contribution in [3.8, 4) is 0 Å². The van der Waals surface area contributed by atoms with Crippen LogP contribution >= 0.6 is 0 Å². The number of fused-ring (bicyclic) bond motifs is 1. The summed E-state index contributed by atoms with van der Waals surface area (Å²) >= 11 is 0. The van der Waals surface area contributed by atoms with Gasteiger partial charge in [-0.2, -0.15) is 4.98 Å². The van der Waals surface area contributed by atoms with Crippen molar-refractivity contribution in [1.29, 1.82) is 0 Å². The third-order valence-electron chi connectivity index (χ3n) is 2.80. The second-order valence-electron chi connectivity index (χ2n) is 4.19. The molecule has 19 heavy (non-hydrogen) atoms. The lowest BCUT2D eigenvalue weighted by molar-refractivity contribution is 0.379. The van der Waals surface area contributed by atoms with E-state index in [9.17, 15) is 0 Å². The van der Waals surface area contributed by atoms with Gasteiger partial charge in [-0.05, 0) is 31.2 Å². The molecule has 96 valence electrons. The van der Waals surface area contributed by atoms with E-state index < -0.39 is 0 Å². The SMILES string of the molecule is Cc1noc(CNc2ccc(N)c3ncccc23)n1. The minimum atomic E-state index is 0.467. The molecule has 1 aromatic carbocycles. The fourth-order valence-corrected chi connectivity index (χ4v) is 1.93. The lowest BCUT2D eigenvalue weighted by Crippen LogP contribution is -2.01. The van der Waals surface area contributed by atoms with Crippen molar-refractivity contribution >= 4 is 22.3 Å². The highest BCUT2D eigenvalue weighted by molar-refractivity contribution is 5.98. The molecule has 0 bridgehead atoms. The van der Waals surface area contributed by atoms with Crippen LogP contribution < -0.4 is 11.1 Å². The Morgan fingerprint density at radius 1 is 1.32 bits per heavy atom. The molecule has 0 spiro atoms. The van der Waals surface area contributed by atoms with Crippen LogP contribution in [-0.2, 0) is 6.54 Å². The molecular weight excluding hydrogens is 242 g/mol. The largest absolute Gasteiger partial charge is 0.397 e. The molecule has 0 atom stereocenters. The molecule has 3 N–H and O–H groups in total. The van der Waals surface area contributed by atoms with Crippen molar-refractivity contribution < 1.29 is 4.52 Å². The first-order valence-electron chi connectivity index (χ1n) is 5.90. The molecule has 0 aliphatic carbocycles. The van der Waals surface area contributed by atoms with Crippen LogP contribution in [0.2, 0.25) is 0 Å². The maximum atomic E-state index is 5.90. The standard InChI is InChI=1S/C13H13N5O/c1-8-17-12(19-18-8)7-16-11-5-4-10(14)13-9(11)3-2-6-15-13/h2-6,16H,7,14H2,1H3. The van der Waals surface area contributed by atoms with Crippen molar-refractivity contribution in [3.05, 3.63) is 42.2 Å². The van der Waals surface area contributed by atoms with Gasteiger partial charge in [0.2, 0.25) is 5.89 Å². The lowest BCUT2D eigenvalue weighted by atomic mass is 10.1. The Labute approximate surface area is 109 Å². The number of aromatic nitrogens is 3. The van der Waals surface area contributed by atoms with Gasteiger partial charge in [0, 0.05) is 17.3 Å². The monoisotopic (exact) mass is 255 g/mol. The summed E-state index contributed by atoms with van der Waals surface area (Å²) in [6.45, 7) is 2.25. The second kappa shape index (κ2) is 4.56. The summed E-state index contributed by atoms with van der Waals surface area (Å²) in [7, 11) is 0. The zero-order valence-electron chi connectivity index (χ0n) is 10.4. The molecule has 2 aromatic heterocycles. The average Bonchev–Trinajstić information content (AvgIpc) is 2.84. The summed E-state index contributed by atoms with van der Waals surface area (Å²) in [5, 5.41) is 7.97. The Kier molecular flexibility index (Phi) is 2.75. The summed E-state index contributed by atoms with van der Waals surface area (Å²) < 4.78 is 5.06. The minimum Gasteiger partial charge on any atom is -0.397 e. The number of pyridine rings is 1. The molecule has 0 saturated heterocycles. The average molecular weight is 255 g/mol. The van der Waals surface area contributed by atoms with Crippen LogP contribution in [0.4, 0.5) is 11.4 Å². The van der Waals surface area contributed by atoms with Gasteiger partial charge in [-0.3, -0.25) is 4.98 Å². The van der Waals surface area contributed by atoms with E-state index in [0.29, 0.717) is 23.9 Å². The predicted octanol–water partition coefficient (Wildman–Crippen LogP) is 2.12. The van der Waals surface area contributed by atoms with Crippen LogP contribution in [0.25, 0.3) is 10.9 Å². The van der Waals surface area contributed by atoms with E-state index in [1.165, 1.54) is 0 Å². The Bertz CT molecular complexity index is 722. The molecule has 6 heteroatoms. The molecule has 6 nitrogen and oxygen atoms in total. The molecule has 0 amide bonds. The molecular formula is C13H13N5O. The molecule has 3 rings (SSSR count). The first-order valence-corrected chi connectivity index (χ1v) is 5.90. The number of nitrogens with zero attached hydrogens (tertiary/aromatic N) is 3. The third-order valence-corrected chi connectivity index (χ3v) is 2.80. The van der Waals surface area contributed by atoms with Crippen molar-refractivity contribution in [2.45, 2.75) is 13.5 Å². The van der Waals surface area contributed by atoms with Gasteiger partial charge in [-0.25, -0.2) is 0 Å². The number of nitrogens with one attached hydrogen (secondary N) is 1. The summed E-state index contributed by atoms with van der Waals surface area (Å²) in [6.07, 6.45) is 1.73. The van der Waals surface area contributed by atoms with E-state index in [4.69, 9.17) is 10.3 Å².